The number of benzene rings is 1. The van der Waals surface area contributed by atoms with Gasteiger partial charge in [0.25, 0.3) is 0 Å². The molecule has 1 aliphatic rings. The number of carbonyl (C=O) groups is 1. The van der Waals surface area contributed by atoms with Gasteiger partial charge in [0, 0.05) is 11.6 Å². The Kier molecular flexibility index (Phi) is 7.86. The van der Waals surface area contributed by atoms with E-state index in [9.17, 15) is 23.1 Å². The van der Waals surface area contributed by atoms with Gasteiger partial charge < -0.3 is 25.2 Å². The van der Waals surface area contributed by atoms with Crippen molar-refractivity contribution in [1.82, 2.24) is 10.6 Å². The lowest BCUT2D eigenvalue weighted by Gasteiger charge is -2.46. The molecule has 0 aliphatic carbocycles. The Morgan fingerprint density at radius 1 is 1.21 bits per heavy atom. The molecule has 0 amide bonds. The molecule has 0 radical (unpaired) electrons. The van der Waals surface area contributed by atoms with E-state index in [4.69, 9.17) is 21.7 Å². The van der Waals surface area contributed by atoms with Gasteiger partial charge in [-0.3, -0.25) is 4.79 Å². The number of Topliss-reactive ketones (excluding diaryl/α,β-unsaturated/α-hetero) is 1. The van der Waals surface area contributed by atoms with Crippen LogP contribution < -0.4 is 20.1 Å². The van der Waals surface area contributed by atoms with Crippen LogP contribution in [0.3, 0.4) is 0 Å². The third-order valence-electron chi connectivity index (χ3n) is 5.11. The van der Waals surface area contributed by atoms with Gasteiger partial charge in [-0.05, 0) is 48.6 Å². The van der Waals surface area contributed by atoms with Crippen molar-refractivity contribution in [2.24, 2.45) is 5.92 Å². The van der Waals surface area contributed by atoms with Crippen LogP contribution in [0.5, 0.6) is 11.5 Å². The van der Waals surface area contributed by atoms with E-state index in [1.165, 1.54) is 12.1 Å². The van der Waals surface area contributed by atoms with Crippen molar-refractivity contribution < 1.29 is 32.5 Å². The van der Waals surface area contributed by atoms with Gasteiger partial charge in [0.05, 0.1) is 24.1 Å². The predicted octanol–water partition coefficient (Wildman–Crippen LogP) is 4.59. The van der Waals surface area contributed by atoms with Crippen molar-refractivity contribution in [3.05, 3.63) is 46.2 Å². The normalized spacial score (nSPS) is 22.9. The van der Waals surface area contributed by atoms with Gasteiger partial charge >= 0.3 is 6.18 Å². The fraction of sp³-hybridized carbons (Fsp3) is 0.455. The summed E-state index contributed by atoms with van der Waals surface area (Å²) >= 11 is 5.99. The van der Waals surface area contributed by atoms with Gasteiger partial charge in [0.15, 0.2) is 10.9 Å². The molecule has 0 saturated carbocycles. The number of carbonyl (C=O) groups excluding carboxylic acids is 1. The first-order chi connectivity index (χ1) is 15.6. The van der Waals surface area contributed by atoms with Crippen molar-refractivity contribution in [2.75, 3.05) is 13.2 Å². The van der Waals surface area contributed by atoms with Crippen LogP contribution in [0.15, 0.2) is 35.7 Å². The molecule has 1 aromatic heterocycles. The Bertz CT molecular complexity index is 985. The lowest BCUT2D eigenvalue weighted by atomic mass is 9.78. The average molecular weight is 503 g/mol. The Hall–Kier alpha value is -2.37. The van der Waals surface area contributed by atoms with Crippen molar-refractivity contribution in [1.29, 1.82) is 0 Å². The third kappa shape index (κ3) is 5.25. The van der Waals surface area contributed by atoms with E-state index < -0.39 is 34.8 Å². The number of alkyl halides is 3. The van der Waals surface area contributed by atoms with Crippen LogP contribution in [0.1, 0.15) is 48.0 Å². The van der Waals surface area contributed by atoms with E-state index in [0.717, 1.165) is 17.8 Å². The van der Waals surface area contributed by atoms with Crippen molar-refractivity contribution in [3.63, 3.8) is 0 Å². The quantitative estimate of drug-likeness (QED) is 0.342. The van der Waals surface area contributed by atoms with Gasteiger partial charge in [-0.1, -0.05) is 19.9 Å². The van der Waals surface area contributed by atoms with Crippen LogP contribution in [0, 0.1) is 5.92 Å². The molecule has 0 spiro atoms. The molecule has 11 heteroatoms. The smallest absolute Gasteiger partial charge is 0.437 e. The molecule has 180 valence electrons. The van der Waals surface area contributed by atoms with E-state index >= 15 is 0 Å². The number of nitrogens with one attached hydrogen (secondary N) is 2. The number of halogens is 3. The van der Waals surface area contributed by atoms with Crippen LogP contribution in [0.2, 0.25) is 0 Å². The summed E-state index contributed by atoms with van der Waals surface area (Å²) < 4.78 is 53.9. The predicted molar refractivity (Wildman–Crippen MR) is 123 cm³/mol. The fourth-order valence-electron chi connectivity index (χ4n) is 3.59. The summed E-state index contributed by atoms with van der Waals surface area (Å²) in [5.74, 6) is -2.11. The third-order valence-corrected chi connectivity index (χ3v) is 6.21. The van der Waals surface area contributed by atoms with Gasteiger partial charge in [-0.15, -0.1) is 11.3 Å². The molecule has 6 nitrogen and oxygen atoms in total. The second-order valence-electron chi connectivity index (χ2n) is 7.56. The number of ether oxygens (including phenoxy) is 2. The van der Waals surface area contributed by atoms with E-state index in [0.29, 0.717) is 25.4 Å². The number of aliphatic hydroxyl groups is 1. The summed E-state index contributed by atoms with van der Waals surface area (Å²) in [5, 5.41) is 16.6. The van der Waals surface area contributed by atoms with Gasteiger partial charge in [-0.25, -0.2) is 0 Å². The summed E-state index contributed by atoms with van der Waals surface area (Å²) in [6, 6.07) is 6.37. The number of thiocarbonyl (C=S) groups is 1. The van der Waals surface area contributed by atoms with Crippen molar-refractivity contribution in [3.8, 4) is 11.5 Å². The van der Waals surface area contributed by atoms with Crippen molar-refractivity contribution >= 4 is 34.5 Å². The highest BCUT2D eigenvalue weighted by molar-refractivity contribution is 7.80. The minimum atomic E-state index is -5.19. The van der Waals surface area contributed by atoms with Gasteiger partial charge in [-0.2, -0.15) is 13.2 Å². The Morgan fingerprint density at radius 2 is 1.91 bits per heavy atom. The first-order valence-corrected chi connectivity index (χ1v) is 11.8. The largest absolute Gasteiger partial charge is 0.493 e. The Balaban J connectivity index is 2.14. The van der Waals surface area contributed by atoms with Gasteiger partial charge in [0.1, 0.15) is 17.4 Å². The molecule has 1 aliphatic heterocycles. The minimum absolute atomic E-state index is 0.0861. The van der Waals surface area contributed by atoms with Crippen LogP contribution in [-0.2, 0) is 0 Å². The number of ketones is 1. The molecule has 0 bridgehead atoms. The van der Waals surface area contributed by atoms with Crippen LogP contribution in [-0.4, -0.2) is 41.1 Å². The molecule has 33 heavy (non-hydrogen) atoms. The highest BCUT2D eigenvalue weighted by atomic mass is 32.1. The van der Waals surface area contributed by atoms with E-state index in [1.54, 1.807) is 23.6 Å². The first kappa shape index (κ1) is 25.3. The standard InChI is InChI=1S/C22H25F3N2O4S2/c1-3-9-30-13-7-8-14(15(12-13)31-10-4-2)18-17(19(28)16-6-5-11-33-16)21(29,22(23,24)25)27-20(32)26-18/h5-8,11-12,17-18,29H,3-4,9-10H2,1-2H3,(H2,26,27,32)/t17-,18-,21+/m0/s1. The van der Waals surface area contributed by atoms with Crippen LogP contribution in [0.25, 0.3) is 0 Å². The second-order valence-corrected chi connectivity index (χ2v) is 8.91. The highest BCUT2D eigenvalue weighted by Gasteiger charge is 2.66. The number of hydrogen-bond acceptors (Lipinski definition) is 6. The number of thiophene rings is 1. The zero-order valence-corrected chi connectivity index (χ0v) is 19.7. The number of rotatable bonds is 9. The van der Waals surface area contributed by atoms with E-state index in [2.05, 4.69) is 5.32 Å². The molecule has 3 atom stereocenters. The maximum absolute atomic E-state index is 14.1. The summed E-state index contributed by atoms with van der Waals surface area (Å²) in [5.41, 5.74) is -3.32. The molecule has 3 N–H and O–H groups in total. The molecule has 2 aromatic rings. The zero-order chi connectivity index (χ0) is 24.2. The van der Waals surface area contributed by atoms with Gasteiger partial charge in [0.2, 0.25) is 5.72 Å². The topological polar surface area (TPSA) is 79.8 Å². The average Bonchev–Trinajstić information content (AvgIpc) is 3.29. The van der Waals surface area contributed by atoms with E-state index in [1.807, 2.05) is 19.2 Å². The maximum Gasteiger partial charge on any atom is 0.437 e. The molecule has 3 rings (SSSR count). The molecular formula is C22H25F3N2O4S2. The minimum Gasteiger partial charge on any atom is -0.493 e. The summed E-state index contributed by atoms with van der Waals surface area (Å²) in [4.78, 5) is 13.4. The van der Waals surface area contributed by atoms with E-state index in [-0.39, 0.29) is 16.2 Å². The first-order valence-electron chi connectivity index (χ1n) is 10.5. The molecular weight excluding hydrogens is 477 g/mol. The molecule has 0 unspecified atom stereocenters. The zero-order valence-electron chi connectivity index (χ0n) is 18.1. The fourth-order valence-corrected chi connectivity index (χ4v) is 4.58. The Morgan fingerprint density at radius 3 is 2.52 bits per heavy atom. The van der Waals surface area contributed by atoms with Crippen LogP contribution in [0.4, 0.5) is 13.2 Å². The summed E-state index contributed by atoms with van der Waals surface area (Å²) in [6.45, 7) is 4.59. The lowest BCUT2D eigenvalue weighted by Crippen LogP contribution is -2.72. The monoisotopic (exact) mass is 502 g/mol. The second kappa shape index (κ2) is 10.3. The number of hydrogen-bond donors (Lipinski definition) is 3. The SMILES string of the molecule is CCCOc1ccc([C@@H]2NC(=S)N[C@](O)(C(F)(F)F)[C@@H]2C(=O)c2cccs2)c(OCCC)c1. The summed E-state index contributed by atoms with van der Waals surface area (Å²) in [6.07, 6.45) is -3.77. The maximum atomic E-state index is 14.1. The molecule has 2 heterocycles. The van der Waals surface area contributed by atoms with Crippen LogP contribution >= 0.6 is 23.6 Å². The summed E-state index contributed by atoms with van der Waals surface area (Å²) in [7, 11) is 0. The highest BCUT2D eigenvalue weighted by Crippen LogP contribution is 2.46. The molecule has 1 fully saturated rings. The molecule has 1 saturated heterocycles. The lowest BCUT2D eigenvalue weighted by molar-refractivity contribution is -0.285. The Labute approximate surface area is 199 Å². The van der Waals surface area contributed by atoms with Crippen molar-refractivity contribution in [2.45, 2.75) is 44.6 Å². The molecule has 1 aromatic carbocycles.